The predicted octanol–water partition coefficient (Wildman–Crippen LogP) is 5.05. The number of benzene rings is 2. The van der Waals surface area contributed by atoms with E-state index in [1.54, 1.807) is 36.7 Å². The molecule has 134 valence electrons. The van der Waals surface area contributed by atoms with E-state index >= 15 is 0 Å². The van der Waals surface area contributed by atoms with Gasteiger partial charge in [0.1, 0.15) is 5.75 Å². The van der Waals surface area contributed by atoms with Crippen molar-refractivity contribution in [1.82, 2.24) is 19.5 Å². The van der Waals surface area contributed by atoms with Crippen LogP contribution < -0.4 is 0 Å². The van der Waals surface area contributed by atoms with E-state index in [2.05, 4.69) is 9.97 Å². The summed E-state index contributed by atoms with van der Waals surface area (Å²) >= 11 is 7.43. The molecule has 4 rings (SSSR count). The smallest absolute Gasteiger partial charge is 0.172 e. The Morgan fingerprint density at radius 3 is 2.52 bits per heavy atom. The summed E-state index contributed by atoms with van der Waals surface area (Å²) in [5, 5.41) is 11.8. The quantitative estimate of drug-likeness (QED) is 0.524. The fourth-order valence-corrected chi connectivity index (χ4v) is 3.60. The lowest BCUT2D eigenvalue weighted by Crippen LogP contribution is -1.97. The second-order valence-electron chi connectivity index (χ2n) is 5.85. The Morgan fingerprint density at radius 2 is 1.81 bits per heavy atom. The Hall–Kier alpha value is -2.83. The van der Waals surface area contributed by atoms with Gasteiger partial charge in [0.15, 0.2) is 11.0 Å². The van der Waals surface area contributed by atoms with Crippen LogP contribution in [0.25, 0.3) is 22.6 Å². The maximum atomic E-state index is 10.4. The lowest BCUT2D eigenvalue weighted by atomic mass is 10.1. The van der Waals surface area contributed by atoms with Crippen LogP contribution in [0.1, 0.15) is 0 Å². The highest BCUT2D eigenvalue weighted by molar-refractivity contribution is 7.99. The normalized spacial score (nSPS) is 10.9. The largest absolute Gasteiger partial charge is 0.507 e. The summed E-state index contributed by atoms with van der Waals surface area (Å²) in [6.45, 7) is 0. The maximum absolute atomic E-state index is 10.4. The van der Waals surface area contributed by atoms with Gasteiger partial charge in [-0.3, -0.25) is 0 Å². The minimum atomic E-state index is 0.167. The first-order chi connectivity index (χ1) is 13.1. The summed E-state index contributed by atoms with van der Waals surface area (Å²) in [6.07, 6.45) is 5.38. The highest BCUT2D eigenvalue weighted by Crippen LogP contribution is 2.38. The third-order valence-electron chi connectivity index (χ3n) is 3.99. The number of imidazole rings is 1. The lowest BCUT2D eigenvalue weighted by molar-refractivity contribution is 0.477. The van der Waals surface area contributed by atoms with Crippen LogP contribution in [0.15, 0.2) is 77.2 Å². The number of phenolic OH excluding ortho intramolecular Hbond substituents is 1. The lowest BCUT2D eigenvalue weighted by Gasteiger charge is -2.11. The minimum Gasteiger partial charge on any atom is -0.507 e. The van der Waals surface area contributed by atoms with Crippen LogP contribution >= 0.6 is 23.4 Å². The van der Waals surface area contributed by atoms with Crippen molar-refractivity contribution in [1.29, 1.82) is 0 Å². The molecular weight excluding hydrogens is 380 g/mol. The molecule has 2 aromatic carbocycles. The average molecular weight is 395 g/mol. The van der Waals surface area contributed by atoms with E-state index in [-0.39, 0.29) is 5.75 Å². The molecule has 27 heavy (non-hydrogen) atoms. The van der Waals surface area contributed by atoms with E-state index in [4.69, 9.17) is 16.6 Å². The van der Waals surface area contributed by atoms with Crippen LogP contribution in [0.3, 0.4) is 0 Å². The first-order valence-electron chi connectivity index (χ1n) is 8.18. The molecule has 2 heterocycles. The maximum Gasteiger partial charge on any atom is 0.172 e. The molecule has 0 unspecified atom stereocenters. The summed E-state index contributed by atoms with van der Waals surface area (Å²) < 4.78 is 1.92. The van der Waals surface area contributed by atoms with Crippen molar-refractivity contribution in [2.24, 2.45) is 7.05 Å². The SMILES string of the molecule is Cn1ccnc1Sc1cnc(-c2ccc(Cl)cc2)nc1-c1ccccc1O. The number of para-hydroxylation sites is 1. The molecule has 0 bridgehead atoms. The molecule has 0 radical (unpaired) electrons. The second-order valence-corrected chi connectivity index (χ2v) is 7.30. The van der Waals surface area contributed by atoms with Crippen LogP contribution in [0, 0.1) is 0 Å². The number of hydrogen-bond acceptors (Lipinski definition) is 5. The van der Waals surface area contributed by atoms with Gasteiger partial charge in [0.2, 0.25) is 0 Å². The summed E-state index contributed by atoms with van der Waals surface area (Å²) in [5.41, 5.74) is 2.15. The number of hydrogen-bond donors (Lipinski definition) is 1. The van der Waals surface area contributed by atoms with Gasteiger partial charge in [0.25, 0.3) is 0 Å². The van der Waals surface area contributed by atoms with E-state index in [1.807, 2.05) is 42.1 Å². The van der Waals surface area contributed by atoms with Crippen molar-refractivity contribution in [2.45, 2.75) is 10.1 Å². The van der Waals surface area contributed by atoms with Crippen molar-refractivity contribution in [2.75, 3.05) is 0 Å². The molecule has 0 amide bonds. The van der Waals surface area contributed by atoms with Crippen molar-refractivity contribution in [3.05, 3.63) is 72.1 Å². The fraction of sp³-hybridized carbons (Fsp3) is 0.0500. The Balaban J connectivity index is 1.85. The molecule has 0 spiro atoms. The van der Waals surface area contributed by atoms with Gasteiger partial charge in [-0.05, 0) is 48.2 Å². The number of aromatic hydroxyl groups is 1. The number of phenols is 1. The highest BCUT2D eigenvalue weighted by atomic mass is 35.5. The fourth-order valence-electron chi connectivity index (χ4n) is 2.60. The highest BCUT2D eigenvalue weighted by Gasteiger charge is 2.16. The van der Waals surface area contributed by atoms with Crippen LogP contribution in [-0.4, -0.2) is 24.6 Å². The summed E-state index contributed by atoms with van der Waals surface area (Å²) in [7, 11) is 1.93. The molecule has 0 saturated heterocycles. The van der Waals surface area contributed by atoms with E-state index < -0.39 is 0 Å². The molecule has 0 aliphatic heterocycles. The van der Waals surface area contributed by atoms with E-state index in [0.717, 1.165) is 15.6 Å². The molecule has 0 aliphatic carbocycles. The zero-order valence-corrected chi connectivity index (χ0v) is 15.9. The van der Waals surface area contributed by atoms with Gasteiger partial charge in [0.05, 0.1) is 10.6 Å². The molecule has 1 N–H and O–H groups in total. The number of nitrogens with zero attached hydrogens (tertiary/aromatic N) is 4. The standard InChI is InChI=1S/C20H15ClN4OS/c1-25-11-10-22-20(25)27-17-12-23-19(13-6-8-14(21)9-7-13)24-18(17)15-4-2-3-5-16(15)26/h2-12,26H,1H3. The van der Waals surface area contributed by atoms with Gasteiger partial charge in [-0.25, -0.2) is 15.0 Å². The molecule has 4 aromatic rings. The van der Waals surface area contributed by atoms with Crippen LogP contribution in [-0.2, 0) is 7.05 Å². The van der Waals surface area contributed by atoms with E-state index in [1.165, 1.54) is 11.8 Å². The average Bonchev–Trinajstić information content (AvgIpc) is 3.08. The van der Waals surface area contributed by atoms with Crippen LogP contribution in [0.4, 0.5) is 0 Å². The molecule has 0 fully saturated rings. The Morgan fingerprint density at radius 1 is 1.04 bits per heavy atom. The molecule has 0 aliphatic rings. The zero-order chi connectivity index (χ0) is 18.8. The molecule has 5 nitrogen and oxygen atoms in total. The summed E-state index contributed by atoms with van der Waals surface area (Å²) in [5.74, 6) is 0.731. The van der Waals surface area contributed by atoms with Crippen molar-refractivity contribution in [3.8, 4) is 28.4 Å². The molecule has 7 heteroatoms. The number of halogens is 1. The van der Waals surface area contributed by atoms with E-state index in [9.17, 15) is 5.11 Å². The van der Waals surface area contributed by atoms with Gasteiger partial charge < -0.3 is 9.67 Å². The Labute approximate surface area is 165 Å². The number of aryl methyl sites for hydroxylation is 1. The summed E-state index contributed by atoms with van der Waals surface area (Å²) in [6, 6.07) is 14.5. The topological polar surface area (TPSA) is 63.8 Å². The molecule has 0 saturated carbocycles. The minimum absolute atomic E-state index is 0.167. The van der Waals surface area contributed by atoms with Gasteiger partial charge in [-0.15, -0.1) is 0 Å². The predicted molar refractivity (Wildman–Crippen MR) is 107 cm³/mol. The van der Waals surface area contributed by atoms with Crippen molar-refractivity contribution < 1.29 is 5.11 Å². The van der Waals surface area contributed by atoms with E-state index in [0.29, 0.717) is 22.1 Å². The van der Waals surface area contributed by atoms with Crippen molar-refractivity contribution >= 4 is 23.4 Å². The van der Waals surface area contributed by atoms with Crippen LogP contribution in [0.2, 0.25) is 5.02 Å². The van der Waals surface area contributed by atoms with Gasteiger partial charge >= 0.3 is 0 Å². The van der Waals surface area contributed by atoms with Crippen LogP contribution in [0.5, 0.6) is 5.75 Å². The molecule has 2 aromatic heterocycles. The van der Waals surface area contributed by atoms with Gasteiger partial charge in [-0.1, -0.05) is 23.7 Å². The summed E-state index contributed by atoms with van der Waals surface area (Å²) in [4.78, 5) is 14.4. The third kappa shape index (κ3) is 3.67. The van der Waals surface area contributed by atoms with Crippen molar-refractivity contribution in [3.63, 3.8) is 0 Å². The first-order valence-corrected chi connectivity index (χ1v) is 9.38. The third-order valence-corrected chi connectivity index (χ3v) is 5.34. The van der Waals surface area contributed by atoms with Gasteiger partial charge in [-0.2, -0.15) is 0 Å². The zero-order valence-electron chi connectivity index (χ0n) is 14.4. The first kappa shape index (κ1) is 17.6. The molecule has 0 atom stereocenters. The second kappa shape index (κ2) is 7.42. The van der Waals surface area contributed by atoms with Gasteiger partial charge in [0, 0.05) is 41.8 Å². The number of aromatic nitrogens is 4. The monoisotopic (exact) mass is 394 g/mol. The number of rotatable bonds is 4. The Kier molecular flexibility index (Phi) is 4.83. The molecular formula is C20H15ClN4OS. The Bertz CT molecular complexity index is 1100.